The Hall–Kier alpha value is -4.34. The number of hydrogen-bond acceptors (Lipinski definition) is 8. The molecule has 0 heterocycles. The molecule has 0 radical (unpaired) electrons. The van der Waals surface area contributed by atoms with Crippen molar-refractivity contribution in [2.75, 3.05) is 0 Å². The molecule has 0 aromatic heterocycles. The van der Waals surface area contributed by atoms with E-state index < -0.39 is 48.6 Å². The lowest BCUT2D eigenvalue weighted by Crippen LogP contribution is -2.67. The highest BCUT2D eigenvalue weighted by Gasteiger charge is 2.57. The smallest absolute Gasteiger partial charge is 0.303 e. The SMILES string of the molecule is CC(=O)O[C@H]1[C@H](OCc2ccccc2)[C@@H](OCc2ccccc2)[C@H](OCc2ccccc2)[C@H](OCc2ccccc2)[C@@H]1OC(C)=O. The summed E-state index contributed by atoms with van der Waals surface area (Å²) in [6, 6.07) is 38.9. The first-order valence-corrected chi connectivity index (χ1v) is 15.4. The van der Waals surface area contributed by atoms with Gasteiger partial charge in [0.05, 0.1) is 26.4 Å². The monoisotopic (exact) mass is 624 g/mol. The number of rotatable bonds is 14. The van der Waals surface area contributed by atoms with Crippen LogP contribution in [0, 0.1) is 0 Å². The van der Waals surface area contributed by atoms with Crippen molar-refractivity contribution in [3.63, 3.8) is 0 Å². The maximum Gasteiger partial charge on any atom is 0.303 e. The molecule has 4 aromatic carbocycles. The van der Waals surface area contributed by atoms with E-state index in [0.717, 1.165) is 22.3 Å². The molecule has 0 saturated heterocycles. The van der Waals surface area contributed by atoms with Gasteiger partial charge in [0.1, 0.15) is 24.4 Å². The third-order valence-corrected chi connectivity index (χ3v) is 7.69. The van der Waals surface area contributed by atoms with E-state index in [1.807, 2.05) is 121 Å². The van der Waals surface area contributed by atoms with Crippen molar-refractivity contribution in [3.05, 3.63) is 144 Å². The lowest BCUT2D eigenvalue weighted by Gasteiger charge is -2.48. The van der Waals surface area contributed by atoms with E-state index >= 15 is 0 Å². The Morgan fingerprint density at radius 3 is 0.826 bits per heavy atom. The summed E-state index contributed by atoms with van der Waals surface area (Å²) >= 11 is 0. The molecular weight excluding hydrogens is 584 g/mol. The van der Waals surface area contributed by atoms with Crippen LogP contribution in [0.5, 0.6) is 0 Å². The summed E-state index contributed by atoms with van der Waals surface area (Å²) in [5.41, 5.74) is 3.72. The van der Waals surface area contributed by atoms with Crippen LogP contribution >= 0.6 is 0 Å². The molecule has 240 valence electrons. The first kappa shape index (κ1) is 33.0. The average Bonchev–Trinajstić information content (AvgIpc) is 3.07. The molecule has 5 rings (SSSR count). The quantitative estimate of drug-likeness (QED) is 0.153. The van der Waals surface area contributed by atoms with Crippen LogP contribution in [0.25, 0.3) is 0 Å². The summed E-state index contributed by atoms with van der Waals surface area (Å²) in [6.45, 7) is 3.49. The molecule has 6 atom stereocenters. The molecule has 1 aliphatic rings. The van der Waals surface area contributed by atoms with E-state index in [9.17, 15) is 9.59 Å². The molecular formula is C38H40O8. The highest BCUT2D eigenvalue weighted by atomic mass is 16.6. The van der Waals surface area contributed by atoms with E-state index in [1.165, 1.54) is 13.8 Å². The molecule has 0 amide bonds. The average molecular weight is 625 g/mol. The second kappa shape index (κ2) is 16.8. The third kappa shape index (κ3) is 9.34. The fraction of sp³-hybridized carbons (Fsp3) is 0.316. The van der Waals surface area contributed by atoms with Crippen molar-refractivity contribution >= 4 is 11.9 Å². The van der Waals surface area contributed by atoms with E-state index in [-0.39, 0.29) is 26.4 Å². The van der Waals surface area contributed by atoms with Crippen molar-refractivity contribution in [1.82, 2.24) is 0 Å². The molecule has 1 fully saturated rings. The molecule has 1 saturated carbocycles. The van der Waals surface area contributed by atoms with E-state index in [1.54, 1.807) is 0 Å². The van der Waals surface area contributed by atoms with Crippen molar-refractivity contribution in [2.24, 2.45) is 0 Å². The summed E-state index contributed by atoms with van der Waals surface area (Å²) in [4.78, 5) is 25.2. The second-order valence-electron chi connectivity index (χ2n) is 11.2. The highest BCUT2D eigenvalue weighted by molar-refractivity contribution is 5.67. The Morgan fingerprint density at radius 1 is 0.391 bits per heavy atom. The van der Waals surface area contributed by atoms with Gasteiger partial charge < -0.3 is 28.4 Å². The molecule has 0 N–H and O–H groups in total. The van der Waals surface area contributed by atoms with E-state index in [4.69, 9.17) is 28.4 Å². The molecule has 0 spiro atoms. The first-order chi connectivity index (χ1) is 22.5. The lowest BCUT2D eigenvalue weighted by atomic mass is 9.83. The zero-order valence-electron chi connectivity index (χ0n) is 26.1. The lowest BCUT2D eigenvalue weighted by molar-refractivity contribution is -0.280. The summed E-state index contributed by atoms with van der Waals surface area (Å²) in [7, 11) is 0. The fourth-order valence-electron chi connectivity index (χ4n) is 5.60. The second-order valence-corrected chi connectivity index (χ2v) is 11.2. The topological polar surface area (TPSA) is 89.5 Å². The number of esters is 2. The summed E-state index contributed by atoms with van der Waals surface area (Å²) in [5.74, 6) is -1.11. The first-order valence-electron chi connectivity index (χ1n) is 15.4. The van der Waals surface area contributed by atoms with Crippen LogP contribution < -0.4 is 0 Å². The number of hydrogen-bond donors (Lipinski definition) is 0. The van der Waals surface area contributed by atoms with E-state index in [0.29, 0.717) is 0 Å². The Kier molecular flexibility index (Phi) is 12.1. The van der Waals surface area contributed by atoms with Gasteiger partial charge in [-0.1, -0.05) is 121 Å². The number of carbonyl (C=O) groups excluding carboxylic acids is 2. The number of carbonyl (C=O) groups is 2. The predicted octanol–water partition coefficient (Wildman–Crippen LogP) is 6.21. The molecule has 0 bridgehead atoms. The number of benzene rings is 4. The minimum atomic E-state index is -1.05. The molecule has 46 heavy (non-hydrogen) atoms. The van der Waals surface area contributed by atoms with Gasteiger partial charge in [0.15, 0.2) is 12.2 Å². The van der Waals surface area contributed by atoms with Gasteiger partial charge in [-0.25, -0.2) is 0 Å². The third-order valence-electron chi connectivity index (χ3n) is 7.69. The Bertz CT molecular complexity index is 1370. The summed E-state index contributed by atoms with van der Waals surface area (Å²) in [6.07, 6.45) is -5.44. The minimum Gasteiger partial charge on any atom is -0.456 e. The molecule has 8 heteroatoms. The van der Waals surface area contributed by atoms with Gasteiger partial charge in [-0.15, -0.1) is 0 Å². The maximum atomic E-state index is 12.6. The zero-order valence-corrected chi connectivity index (χ0v) is 26.1. The van der Waals surface area contributed by atoms with Crippen molar-refractivity contribution in [2.45, 2.75) is 76.9 Å². The Labute approximate surface area is 270 Å². The van der Waals surface area contributed by atoms with Crippen LogP contribution in [0.4, 0.5) is 0 Å². The predicted molar refractivity (Wildman–Crippen MR) is 171 cm³/mol. The zero-order chi connectivity index (χ0) is 32.1. The van der Waals surface area contributed by atoms with Crippen LogP contribution in [0.1, 0.15) is 36.1 Å². The van der Waals surface area contributed by atoms with Gasteiger partial charge in [-0.05, 0) is 22.3 Å². The van der Waals surface area contributed by atoms with Crippen LogP contribution in [0.15, 0.2) is 121 Å². The summed E-state index contributed by atoms with van der Waals surface area (Å²) < 4.78 is 38.3. The summed E-state index contributed by atoms with van der Waals surface area (Å²) in [5, 5.41) is 0. The van der Waals surface area contributed by atoms with Gasteiger partial charge in [-0.2, -0.15) is 0 Å². The Morgan fingerprint density at radius 2 is 0.609 bits per heavy atom. The minimum absolute atomic E-state index is 0.197. The normalized spacial score (nSPS) is 22.6. The standard InChI is InChI=1S/C38H40O8/c1-27(39)45-37-35(43-25-31-19-11-5-12-20-31)33(41-23-29-15-7-3-8-16-29)34(42-24-30-17-9-4-10-18-30)36(38(37)46-28(2)40)44-26-32-21-13-6-14-22-32/h3-22,33-38H,23-26H2,1-2H3/t33-,34-,35-,36+,37-,38-/m0/s1. The molecule has 0 unspecified atom stereocenters. The maximum absolute atomic E-state index is 12.6. The fourth-order valence-corrected chi connectivity index (χ4v) is 5.60. The van der Waals surface area contributed by atoms with Crippen LogP contribution in [-0.2, 0) is 64.4 Å². The molecule has 4 aromatic rings. The van der Waals surface area contributed by atoms with E-state index in [2.05, 4.69) is 0 Å². The van der Waals surface area contributed by atoms with Crippen LogP contribution in [0.2, 0.25) is 0 Å². The van der Waals surface area contributed by atoms with Gasteiger partial charge >= 0.3 is 11.9 Å². The van der Waals surface area contributed by atoms with Gasteiger partial charge in [0, 0.05) is 13.8 Å². The highest BCUT2D eigenvalue weighted by Crippen LogP contribution is 2.36. The largest absolute Gasteiger partial charge is 0.456 e. The number of ether oxygens (including phenoxy) is 6. The Balaban J connectivity index is 1.56. The molecule has 8 nitrogen and oxygen atoms in total. The molecule has 0 aliphatic heterocycles. The molecule has 1 aliphatic carbocycles. The van der Waals surface area contributed by atoms with Gasteiger partial charge in [0.25, 0.3) is 0 Å². The van der Waals surface area contributed by atoms with Gasteiger partial charge in [0.2, 0.25) is 0 Å². The van der Waals surface area contributed by atoms with Crippen molar-refractivity contribution < 1.29 is 38.0 Å². The van der Waals surface area contributed by atoms with Crippen LogP contribution in [0.3, 0.4) is 0 Å². The van der Waals surface area contributed by atoms with Gasteiger partial charge in [-0.3, -0.25) is 9.59 Å². The van der Waals surface area contributed by atoms with Crippen molar-refractivity contribution in [3.8, 4) is 0 Å². The van der Waals surface area contributed by atoms with Crippen molar-refractivity contribution in [1.29, 1.82) is 0 Å². The van der Waals surface area contributed by atoms with Crippen LogP contribution in [-0.4, -0.2) is 48.6 Å².